The third kappa shape index (κ3) is 6.19. The number of allylic oxidation sites excluding steroid dienone is 1. The Labute approximate surface area is 211 Å². The lowest BCUT2D eigenvalue weighted by Crippen LogP contribution is -2.25. The van der Waals surface area contributed by atoms with Crippen LogP contribution in [0.4, 0.5) is 21.8 Å². The molecule has 1 aromatic carbocycles. The molecule has 0 aliphatic carbocycles. The number of nitrogens with one attached hydrogen (secondary N) is 1. The first-order valence-corrected chi connectivity index (χ1v) is 11.6. The number of pyridine rings is 1. The summed E-state index contributed by atoms with van der Waals surface area (Å²) in [6.07, 6.45) is 7.12. The summed E-state index contributed by atoms with van der Waals surface area (Å²) in [6.45, 7) is 2.55. The first-order valence-electron chi connectivity index (χ1n) is 11.6. The molecule has 2 aliphatic rings. The van der Waals surface area contributed by atoms with E-state index in [1.54, 1.807) is 24.6 Å². The Balaban J connectivity index is 0.00000102. The van der Waals surface area contributed by atoms with Crippen LogP contribution in [0.3, 0.4) is 0 Å². The van der Waals surface area contributed by atoms with E-state index < -0.39 is 11.8 Å². The molecule has 1 fully saturated rings. The van der Waals surface area contributed by atoms with Gasteiger partial charge in [-0.3, -0.25) is 9.69 Å². The van der Waals surface area contributed by atoms with E-state index in [9.17, 15) is 14.3 Å². The number of hydrogen-bond acceptors (Lipinski definition) is 9. The predicted octanol–water partition coefficient (Wildman–Crippen LogP) is 4.47. The van der Waals surface area contributed by atoms with Crippen molar-refractivity contribution < 1.29 is 33.3 Å². The summed E-state index contributed by atoms with van der Waals surface area (Å²) in [5, 5.41) is 20.7. The largest absolute Gasteiger partial charge is 0.504 e. The molecule has 11 heteroatoms. The Hall–Kier alpha value is -4.51. The molecule has 0 spiro atoms. The van der Waals surface area contributed by atoms with Crippen molar-refractivity contribution in [3.8, 4) is 5.75 Å². The summed E-state index contributed by atoms with van der Waals surface area (Å²) in [4.78, 5) is 32.0. The number of furan rings is 1. The fourth-order valence-corrected chi connectivity index (χ4v) is 4.01. The summed E-state index contributed by atoms with van der Waals surface area (Å²) in [5.74, 6) is -0.831. The number of hydrogen-bond donors (Lipinski definition) is 3. The van der Waals surface area contributed by atoms with E-state index in [4.69, 9.17) is 19.1 Å². The second-order valence-electron chi connectivity index (χ2n) is 8.17. The van der Waals surface area contributed by atoms with Gasteiger partial charge in [0, 0.05) is 35.8 Å². The lowest BCUT2D eigenvalue weighted by molar-refractivity contribution is -0.122. The third-order valence-electron chi connectivity index (χ3n) is 5.77. The molecule has 3 aromatic rings. The number of nitrogens with zero attached hydrogens (tertiary/aromatic N) is 3. The van der Waals surface area contributed by atoms with E-state index in [-0.39, 0.29) is 36.0 Å². The lowest BCUT2D eigenvalue weighted by Gasteiger charge is -2.14. The maximum atomic E-state index is 13.3. The van der Waals surface area contributed by atoms with Gasteiger partial charge >= 0.3 is 5.97 Å². The Kier molecular flexibility index (Phi) is 8.26. The number of aromatic hydroxyl groups is 1. The van der Waals surface area contributed by atoms with Crippen LogP contribution in [0, 0.1) is 5.82 Å². The van der Waals surface area contributed by atoms with Gasteiger partial charge in [0.05, 0.1) is 0 Å². The molecule has 2 aliphatic heterocycles. The highest BCUT2D eigenvalue weighted by molar-refractivity contribution is 6.21. The van der Waals surface area contributed by atoms with Gasteiger partial charge in [-0.25, -0.2) is 19.2 Å². The van der Waals surface area contributed by atoms with Crippen LogP contribution in [0.1, 0.15) is 34.5 Å². The highest BCUT2D eigenvalue weighted by Crippen LogP contribution is 2.39. The van der Waals surface area contributed by atoms with Crippen LogP contribution in [-0.4, -0.2) is 65.0 Å². The van der Waals surface area contributed by atoms with Gasteiger partial charge in [0.25, 0.3) is 6.47 Å². The maximum absolute atomic E-state index is 13.3. The molecule has 0 unspecified atom stereocenters. The second-order valence-corrected chi connectivity index (χ2v) is 8.17. The van der Waals surface area contributed by atoms with Crippen LogP contribution in [0.2, 0.25) is 0 Å². The van der Waals surface area contributed by atoms with Crippen molar-refractivity contribution in [2.24, 2.45) is 4.99 Å². The van der Waals surface area contributed by atoms with Crippen molar-refractivity contribution in [3.05, 3.63) is 65.3 Å². The van der Waals surface area contributed by atoms with Crippen molar-refractivity contribution in [1.82, 2.24) is 9.88 Å². The number of aromatic nitrogens is 1. The monoisotopic (exact) mass is 508 g/mol. The molecule has 10 nitrogen and oxygen atoms in total. The summed E-state index contributed by atoms with van der Waals surface area (Å²) in [7, 11) is 0. The Morgan fingerprint density at radius 2 is 1.95 bits per heavy atom. The molecule has 0 radical (unpaired) electrons. The fourth-order valence-electron chi connectivity index (χ4n) is 4.01. The molecule has 0 atom stereocenters. The molecule has 37 heavy (non-hydrogen) atoms. The summed E-state index contributed by atoms with van der Waals surface area (Å²) in [5.41, 5.74) is 1.81. The van der Waals surface area contributed by atoms with Crippen molar-refractivity contribution in [2.75, 3.05) is 31.6 Å². The number of likely N-dealkylation sites (tertiary alicyclic amines) is 1. The SMILES string of the molecule is O=C(OCCN1CCCC1)c1c(Nc2ccc(F)cc2)oc(C=C2C=Nc3ncccc32)c1O.O=CO. The zero-order valence-corrected chi connectivity index (χ0v) is 19.8. The van der Waals surface area contributed by atoms with Gasteiger partial charge in [-0.1, -0.05) is 0 Å². The van der Waals surface area contributed by atoms with Crippen LogP contribution in [0.25, 0.3) is 11.6 Å². The zero-order valence-electron chi connectivity index (χ0n) is 19.8. The van der Waals surface area contributed by atoms with Gasteiger partial charge in [0.15, 0.2) is 22.9 Å². The number of carboxylic acid groups (broad SMARTS) is 1. The van der Waals surface area contributed by atoms with Crippen molar-refractivity contribution in [3.63, 3.8) is 0 Å². The van der Waals surface area contributed by atoms with Crippen LogP contribution < -0.4 is 5.32 Å². The number of carbonyl (C=O) groups excluding carboxylic acids is 1. The van der Waals surface area contributed by atoms with Crippen molar-refractivity contribution in [1.29, 1.82) is 0 Å². The zero-order chi connectivity index (χ0) is 26.2. The highest BCUT2D eigenvalue weighted by atomic mass is 19.1. The standard InChI is InChI=1S/C25H23FN4O4.CH2O2/c26-17-5-7-18(8-6-17)29-24-21(25(32)33-13-12-30-10-1-2-11-30)22(31)20(34-24)14-16-15-28-23-19(16)4-3-9-27-23;2-1-3/h3-9,14-15,29,31H,1-2,10-13H2;1H,(H,2,3). The van der Waals surface area contributed by atoms with E-state index in [1.807, 2.05) is 6.07 Å². The van der Waals surface area contributed by atoms with Gasteiger partial charge in [0.2, 0.25) is 5.88 Å². The molecule has 1 saturated heterocycles. The molecule has 3 N–H and O–H groups in total. The number of aliphatic imine (C=N–C) groups is 1. The smallest absolute Gasteiger partial charge is 0.347 e. The minimum atomic E-state index is -0.711. The Morgan fingerprint density at radius 1 is 1.22 bits per heavy atom. The number of halogens is 1. The van der Waals surface area contributed by atoms with Gasteiger partial charge in [-0.2, -0.15) is 0 Å². The number of ether oxygens (including phenoxy) is 1. The van der Waals surface area contributed by atoms with Gasteiger partial charge in [0.1, 0.15) is 12.4 Å². The molecule has 0 amide bonds. The van der Waals surface area contributed by atoms with E-state index in [2.05, 4.69) is 20.2 Å². The van der Waals surface area contributed by atoms with Crippen LogP contribution in [0.5, 0.6) is 5.75 Å². The highest BCUT2D eigenvalue weighted by Gasteiger charge is 2.28. The molecular weight excluding hydrogens is 483 g/mol. The molecule has 0 bridgehead atoms. The van der Waals surface area contributed by atoms with Crippen molar-refractivity contribution >= 4 is 47.7 Å². The lowest BCUT2D eigenvalue weighted by atomic mass is 10.1. The predicted molar refractivity (Wildman–Crippen MR) is 135 cm³/mol. The van der Waals surface area contributed by atoms with Crippen LogP contribution in [0.15, 0.2) is 52.0 Å². The third-order valence-corrected chi connectivity index (χ3v) is 5.77. The number of carbonyl (C=O) groups is 2. The van der Waals surface area contributed by atoms with Crippen LogP contribution >= 0.6 is 0 Å². The molecule has 0 saturated carbocycles. The minimum Gasteiger partial charge on any atom is -0.504 e. The maximum Gasteiger partial charge on any atom is 0.347 e. The van der Waals surface area contributed by atoms with E-state index in [0.29, 0.717) is 23.6 Å². The molecule has 5 rings (SSSR count). The number of esters is 1. The van der Waals surface area contributed by atoms with Gasteiger partial charge in [-0.05, 0) is 68.4 Å². The number of anilines is 2. The van der Waals surface area contributed by atoms with Crippen LogP contribution in [-0.2, 0) is 9.53 Å². The second kappa shape index (κ2) is 12.0. The Bertz CT molecular complexity index is 1310. The summed E-state index contributed by atoms with van der Waals surface area (Å²) >= 11 is 0. The topological polar surface area (TPSA) is 137 Å². The fraction of sp³-hybridized carbons (Fsp3) is 0.231. The van der Waals surface area contributed by atoms with E-state index in [0.717, 1.165) is 31.5 Å². The van der Waals surface area contributed by atoms with E-state index >= 15 is 0 Å². The average molecular weight is 509 g/mol. The summed E-state index contributed by atoms with van der Waals surface area (Å²) in [6, 6.07) is 9.20. The van der Waals surface area contributed by atoms with Gasteiger partial charge < -0.3 is 24.7 Å². The molecular formula is C26H25FN4O6. The summed E-state index contributed by atoms with van der Waals surface area (Å²) < 4.78 is 24.6. The minimum absolute atomic E-state index is 0.00322. The number of benzene rings is 1. The molecule has 192 valence electrons. The molecule has 4 heterocycles. The van der Waals surface area contributed by atoms with Gasteiger partial charge in [-0.15, -0.1) is 0 Å². The normalized spacial score (nSPS) is 15.2. The number of rotatable bonds is 7. The average Bonchev–Trinajstić information content (AvgIpc) is 3.62. The molecule has 2 aromatic heterocycles. The Morgan fingerprint density at radius 3 is 2.68 bits per heavy atom. The van der Waals surface area contributed by atoms with E-state index in [1.165, 1.54) is 24.3 Å². The first kappa shape index (κ1) is 25.6. The quantitative estimate of drug-likeness (QED) is 0.312. The first-order chi connectivity index (χ1) is 18.0. The number of fused-ring (bicyclic) bond motifs is 1. The van der Waals surface area contributed by atoms with Crippen molar-refractivity contribution in [2.45, 2.75) is 12.8 Å².